The van der Waals surface area contributed by atoms with Crippen molar-refractivity contribution in [1.29, 1.82) is 0 Å². The summed E-state index contributed by atoms with van der Waals surface area (Å²) in [5.41, 5.74) is 0.665. The summed E-state index contributed by atoms with van der Waals surface area (Å²) in [7, 11) is 0. The van der Waals surface area contributed by atoms with Crippen molar-refractivity contribution in [3.63, 3.8) is 0 Å². The van der Waals surface area contributed by atoms with Gasteiger partial charge in [0.15, 0.2) is 0 Å². The molecule has 2 rings (SSSR count). The Morgan fingerprint density at radius 3 is 2.82 bits per heavy atom. The Labute approximate surface area is 115 Å². The van der Waals surface area contributed by atoms with E-state index >= 15 is 0 Å². The summed E-state index contributed by atoms with van der Waals surface area (Å²) in [6.45, 7) is 2.96. The van der Waals surface area contributed by atoms with E-state index in [4.69, 9.17) is 11.6 Å². The fourth-order valence-corrected chi connectivity index (χ4v) is 3.10. The lowest BCUT2D eigenvalue weighted by Gasteiger charge is -2.33. The molecular formula is C13H15BrClNO. The third-order valence-corrected chi connectivity index (χ3v) is 3.85. The average Bonchev–Trinajstić information content (AvgIpc) is 2.27. The van der Waals surface area contributed by atoms with Crippen molar-refractivity contribution in [2.45, 2.75) is 32.2 Å². The molecule has 1 saturated heterocycles. The van der Waals surface area contributed by atoms with Gasteiger partial charge in [0.25, 0.3) is 5.91 Å². The van der Waals surface area contributed by atoms with E-state index in [9.17, 15) is 4.79 Å². The minimum absolute atomic E-state index is 0.0837. The van der Waals surface area contributed by atoms with Crippen LogP contribution in [0.15, 0.2) is 22.7 Å². The number of carbonyl (C=O) groups is 1. The monoisotopic (exact) mass is 315 g/mol. The molecule has 1 atom stereocenters. The number of likely N-dealkylation sites (tertiary alicyclic amines) is 1. The second-order valence-corrected chi connectivity index (χ2v) is 5.85. The fourth-order valence-electron chi connectivity index (χ4n) is 2.24. The van der Waals surface area contributed by atoms with Crippen LogP contribution in [0.1, 0.15) is 36.5 Å². The number of rotatable bonds is 1. The summed E-state index contributed by atoms with van der Waals surface area (Å²) in [6.07, 6.45) is 3.40. The van der Waals surface area contributed by atoms with E-state index < -0.39 is 0 Å². The first-order valence-corrected chi connectivity index (χ1v) is 7.02. The van der Waals surface area contributed by atoms with Gasteiger partial charge in [0, 0.05) is 27.6 Å². The summed E-state index contributed by atoms with van der Waals surface area (Å²) < 4.78 is 0.845. The van der Waals surface area contributed by atoms with Crippen LogP contribution in [-0.2, 0) is 0 Å². The van der Waals surface area contributed by atoms with Gasteiger partial charge in [-0.1, -0.05) is 27.5 Å². The molecule has 1 amide bonds. The lowest BCUT2D eigenvalue weighted by molar-refractivity contribution is 0.0635. The van der Waals surface area contributed by atoms with Gasteiger partial charge in [-0.05, 0) is 44.4 Å². The van der Waals surface area contributed by atoms with Crippen LogP contribution in [0.4, 0.5) is 0 Å². The molecule has 1 heterocycles. The molecule has 2 nitrogen and oxygen atoms in total. The van der Waals surface area contributed by atoms with Crippen LogP contribution in [0.3, 0.4) is 0 Å². The Balaban J connectivity index is 2.23. The second-order valence-electron chi connectivity index (χ2n) is 4.50. The molecule has 0 aromatic heterocycles. The molecule has 1 fully saturated rings. The van der Waals surface area contributed by atoms with Crippen molar-refractivity contribution in [3.05, 3.63) is 33.3 Å². The van der Waals surface area contributed by atoms with Gasteiger partial charge in [-0.15, -0.1) is 0 Å². The number of amides is 1. The van der Waals surface area contributed by atoms with Crippen molar-refractivity contribution in [2.75, 3.05) is 6.54 Å². The zero-order valence-corrected chi connectivity index (χ0v) is 12.1. The number of carbonyl (C=O) groups excluding carboxylic acids is 1. The van der Waals surface area contributed by atoms with Gasteiger partial charge >= 0.3 is 0 Å². The van der Waals surface area contributed by atoms with E-state index in [0.29, 0.717) is 16.6 Å². The largest absolute Gasteiger partial charge is 0.336 e. The first kappa shape index (κ1) is 12.9. The number of nitrogens with zero attached hydrogens (tertiary/aromatic N) is 1. The predicted molar refractivity (Wildman–Crippen MR) is 73.5 cm³/mol. The Kier molecular flexibility index (Phi) is 4.10. The zero-order valence-electron chi connectivity index (χ0n) is 9.75. The molecule has 0 aliphatic carbocycles. The first-order valence-electron chi connectivity index (χ1n) is 5.85. The van der Waals surface area contributed by atoms with Gasteiger partial charge in [0.2, 0.25) is 0 Å². The van der Waals surface area contributed by atoms with Crippen LogP contribution in [0.5, 0.6) is 0 Å². The summed E-state index contributed by atoms with van der Waals surface area (Å²) in [6, 6.07) is 5.68. The molecule has 0 bridgehead atoms. The van der Waals surface area contributed by atoms with Gasteiger partial charge in [-0.25, -0.2) is 0 Å². The van der Waals surface area contributed by atoms with Crippen LogP contribution in [0, 0.1) is 0 Å². The van der Waals surface area contributed by atoms with Gasteiger partial charge in [-0.2, -0.15) is 0 Å². The summed E-state index contributed by atoms with van der Waals surface area (Å²) in [5.74, 6) is 0.0837. The molecule has 0 N–H and O–H groups in total. The van der Waals surface area contributed by atoms with E-state index in [2.05, 4.69) is 22.9 Å². The highest BCUT2D eigenvalue weighted by molar-refractivity contribution is 9.10. The molecule has 1 aliphatic heterocycles. The molecule has 0 radical (unpaired) electrons. The molecular weight excluding hydrogens is 302 g/mol. The highest BCUT2D eigenvalue weighted by Crippen LogP contribution is 2.23. The number of benzene rings is 1. The van der Waals surface area contributed by atoms with E-state index in [0.717, 1.165) is 23.9 Å². The lowest BCUT2D eigenvalue weighted by Crippen LogP contribution is -2.42. The Morgan fingerprint density at radius 2 is 2.18 bits per heavy atom. The molecule has 1 unspecified atom stereocenters. The van der Waals surface area contributed by atoms with Crippen LogP contribution < -0.4 is 0 Å². The van der Waals surface area contributed by atoms with Crippen molar-refractivity contribution in [2.24, 2.45) is 0 Å². The van der Waals surface area contributed by atoms with E-state index in [-0.39, 0.29) is 5.91 Å². The second kappa shape index (κ2) is 5.40. The van der Waals surface area contributed by atoms with Crippen molar-refractivity contribution in [1.82, 2.24) is 4.90 Å². The molecule has 4 heteroatoms. The number of hydrogen-bond acceptors (Lipinski definition) is 1. The maximum absolute atomic E-state index is 12.4. The summed E-state index contributed by atoms with van der Waals surface area (Å²) in [5, 5.41) is 0.590. The first-order chi connectivity index (χ1) is 8.08. The average molecular weight is 317 g/mol. The van der Waals surface area contributed by atoms with Crippen molar-refractivity contribution in [3.8, 4) is 0 Å². The van der Waals surface area contributed by atoms with Crippen LogP contribution in [0.25, 0.3) is 0 Å². The van der Waals surface area contributed by atoms with E-state index in [1.54, 1.807) is 12.1 Å². The highest BCUT2D eigenvalue weighted by atomic mass is 79.9. The number of halogens is 2. The standard InChI is InChI=1S/C13H15BrClNO/c1-9-4-2-3-5-16(9)13(17)10-6-11(14)8-12(15)7-10/h6-9H,2-5H2,1H3. The van der Waals surface area contributed by atoms with Gasteiger partial charge in [-0.3, -0.25) is 4.79 Å². The number of piperidine rings is 1. The Hall–Kier alpha value is -0.540. The maximum atomic E-state index is 12.4. The van der Waals surface area contributed by atoms with E-state index in [1.165, 1.54) is 6.42 Å². The van der Waals surface area contributed by atoms with Crippen LogP contribution in [-0.4, -0.2) is 23.4 Å². The van der Waals surface area contributed by atoms with Crippen molar-refractivity contribution < 1.29 is 4.79 Å². The van der Waals surface area contributed by atoms with Gasteiger partial charge in [0.05, 0.1) is 0 Å². The quantitative estimate of drug-likeness (QED) is 0.763. The zero-order chi connectivity index (χ0) is 12.4. The Bertz CT molecular complexity index is 415. The maximum Gasteiger partial charge on any atom is 0.254 e. The molecule has 1 aliphatic rings. The van der Waals surface area contributed by atoms with Gasteiger partial charge < -0.3 is 4.90 Å². The molecule has 0 saturated carbocycles. The molecule has 92 valence electrons. The number of hydrogen-bond donors (Lipinski definition) is 0. The third-order valence-electron chi connectivity index (χ3n) is 3.17. The minimum atomic E-state index is 0.0837. The third kappa shape index (κ3) is 3.02. The molecule has 0 spiro atoms. The topological polar surface area (TPSA) is 20.3 Å². The fraction of sp³-hybridized carbons (Fsp3) is 0.462. The molecule has 17 heavy (non-hydrogen) atoms. The molecule has 1 aromatic rings. The van der Waals surface area contributed by atoms with Gasteiger partial charge in [0.1, 0.15) is 0 Å². The van der Waals surface area contributed by atoms with Crippen molar-refractivity contribution >= 4 is 33.4 Å². The van der Waals surface area contributed by atoms with E-state index in [1.807, 2.05) is 11.0 Å². The minimum Gasteiger partial charge on any atom is -0.336 e. The predicted octanol–water partition coefficient (Wildman–Crippen LogP) is 4.12. The summed E-state index contributed by atoms with van der Waals surface area (Å²) >= 11 is 9.33. The Morgan fingerprint density at radius 1 is 1.41 bits per heavy atom. The highest BCUT2D eigenvalue weighted by Gasteiger charge is 2.24. The lowest BCUT2D eigenvalue weighted by atomic mass is 10.0. The normalized spacial score (nSPS) is 20.4. The summed E-state index contributed by atoms with van der Waals surface area (Å²) in [4.78, 5) is 14.3. The SMILES string of the molecule is CC1CCCCN1C(=O)c1cc(Cl)cc(Br)c1. The van der Waals surface area contributed by atoms with Crippen LogP contribution >= 0.6 is 27.5 Å². The molecule has 1 aromatic carbocycles. The van der Waals surface area contributed by atoms with Crippen LogP contribution in [0.2, 0.25) is 5.02 Å². The smallest absolute Gasteiger partial charge is 0.254 e.